The number of hydrogen-bond acceptors (Lipinski definition) is 8. The summed E-state index contributed by atoms with van der Waals surface area (Å²) in [6.07, 6.45) is -2.63. The van der Waals surface area contributed by atoms with Crippen molar-refractivity contribution in [1.82, 2.24) is 0 Å². The van der Waals surface area contributed by atoms with Gasteiger partial charge in [-0.1, -0.05) is 54.6 Å². The predicted molar refractivity (Wildman–Crippen MR) is 135 cm³/mol. The zero-order valence-corrected chi connectivity index (χ0v) is 21.3. The third-order valence-corrected chi connectivity index (χ3v) is 6.86. The topological polar surface area (TPSA) is 98.5 Å². The van der Waals surface area contributed by atoms with Crippen LogP contribution in [0.15, 0.2) is 60.7 Å². The summed E-state index contributed by atoms with van der Waals surface area (Å²) in [6, 6.07) is 19.2. The minimum absolute atomic E-state index is 0.293. The standard InChI is InChI=1S/C28H31NO8/c1-28(2)36-26-25(34-16-17-10-6-5-7-11-17)24(35-27(26)37-28)21(15-29(30)31)20-14-22(32-3)18-12-8-9-13-19(18)23(20)33-4/h5-14,21,24-27H,15-16H2,1-4H3/t21-,24-,25+,26-,27-/m1/s1. The van der Waals surface area contributed by atoms with Gasteiger partial charge < -0.3 is 28.4 Å². The fourth-order valence-corrected chi connectivity index (χ4v) is 5.33. The molecule has 0 amide bonds. The van der Waals surface area contributed by atoms with E-state index in [1.54, 1.807) is 20.3 Å². The van der Waals surface area contributed by atoms with Crippen molar-refractivity contribution in [2.45, 2.75) is 56.8 Å². The molecule has 0 saturated carbocycles. The Kier molecular flexibility index (Phi) is 7.04. The lowest BCUT2D eigenvalue weighted by molar-refractivity contribution is -0.486. The summed E-state index contributed by atoms with van der Waals surface area (Å²) < 4.78 is 36.4. The van der Waals surface area contributed by atoms with E-state index in [1.165, 1.54) is 0 Å². The van der Waals surface area contributed by atoms with E-state index in [9.17, 15) is 10.1 Å². The molecule has 0 aromatic heterocycles. The fourth-order valence-electron chi connectivity index (χ4n) is 5.33. The van der Waals surface area contributed by atoms with Crippen LogP contribution in [0.4, 0.5) is 0 Å². The number of nitrogens with zero attached hydrogens (tertiary/aromatic N) is 1. The monoisotopic (exact) mass is 509 g/mol. The summed E-state index contributed by atoms with van der Waals surface area (Å²) in [5, 5.41) is 13.6. The molecule has 2 aliphatic heterocycles. The molecular weight excluding hydrogens is 478 g/mol. The maximum absolute atomic E-state index is 12.0. The molecule has 2 fully saturated rings. The summed E-state index contributed by atoms with van der Waals surface area (Å²) >= 11 is 0. The first-order valence-corrected chi connectivity index (χ1v) is 12.2. The first kappa shape index (κ1) is 25.4. The lowest BCUT2D eigenvalue weighted by atomic mass is 9.87. The summed E-state index contributed by atoms with van der Waals surface area (Å²) in [5.41, 5.74) is 1.57. The second-order valence-electron chi connectivity index (χ2n) is 9.70. The van der Waals surface area contributed by atoms with Crippen molar-refractivity contribution in [3.63, 3.8) is 0 Å². The molecule has 9 heteroatoms. The maximum Gasteiger partial charge on any atom is 0.213 e. The van der Waals surface area contributed by atoms with Crippen molar-refractivity contribution in [1.29, 1.82) is 0 Å². The Morgan fingerprint density at radius 3 is 2.38 bits per heavy atom. The molecular formula is C28H31NO8. The van der Waals surface area contributed by atoms with Crippen molar-refractivity contribution >= 4 is 10.8 Å². The van der Waals surface area contributed by atoms with Gasteiger partial charge in [0.1, 0.15) is 29.8 Å². The third-order valence-electron chi connectivity index (χ3n) is 6.86. The van der Waals surface area contributed by atoms with Crippen LogP contribution in [0.5, 0.6) is 11.5 Å². The summed E-state index contributed by atoms with van der Waals surface area (Å²) in [5.74, 6) is -0.469. The Morgan fingerprint density at radius 1 is 1.00 bits per heavy atom. The minimum atomic E-state index is -0.864. The number of benzene rings is 3. The highest BCUT2D eigenvalue weighted by atomic mass is 16.8. The fraction of sp³-hybridized carbons (Fsp3) is 0.429. The molecule has 3 aromatic rings. The van der Waals surface area contributed by atoms with Gasteiger partial charge in [0.15, 0.2) is 12.1 Å². The molecule has 0 unspecified atom stereocenters. The first-order chi connectivity index (χ1) is 17.8. The second kappa shape index (κ2) is 10.3. The third kappa shape index (κ3) is 5.00. The lowest BCUT2D eigenvalue weighted by Gasteiger charge is -2.30. The van der Waals surface area contributed by atoms with E-state index < -0.39 is 42.9 Å². The van der Waals surface area contributed by atoms with Crippen molar-refractivity contribution in [3.05, 3.63) is 81.9 Å². The van der Waals surface area contributed by atoms with Crippen molar-refractivity contribution < 1.29 is 33.3 Å². The van der Waals surface area contributed by atoms with Crippen molar-refractivity contribution in [2.75, 3.05) is 20.8 Å². The molecule has 3 aromatic carbocycles. The van der Waals surface area contributed by atoms with E-state index in [1.807, 2.05) is 68.4 Å². The van der Waals surface area contributed by atoms with Crippen LogP contribution in [0.2, 0.25) is 0 Å². The van der Waals surface area contributed by atoms with Gasteiger partial charge in [0.05, 0.1) is 26.7 Å². The Morgan fingerprint density at radius 2 is 1.70 bits per heavy atom. The summed E-state index contributed by atoms with van der Waals surface area (Å²) in [7, 11) is 3.13. The Hall–Kier alpha value is -3.24. The number of methoxy groups -OCH3 is 2. The highest BCUT2D eigenvalue weighted by Crippen LogP contribution is 2.47. The first-order valence-electron chi connectivity index (χ1n) is 12.2. The van der Waals surface area contributed by atoms with Gasteiger partial charge in [-0.25, -0.2) is 0 Å². The Balaban J connectivity index is 1.58. The number of hydrogen-bond donors (Lipinski definition) is 0. The average molecular weight is 510 g/mol. The van der Waals surface area contributed by atoms with Crippen LogP contribution in [-0.2, 0) is 25.6 Å². The van der Waals surface area contributed by atoms with Crippen LogP contribution in [0.3, 0.4) is 0 Å². The molecule has 0 bridgehead atoms. The van der Waals surface area contributed by atoms with Gasteiger partial charge in [0.2, 0.25) is 6.54 Å². The van der Waals surface area contributed by atoms with Crippen LogP contribution in [-0.4, -0.2) is 56.1 Å². The Bertz CT molecular complexity index is 1260. The van der Waals surface area contributed by atoms with Gasteiger partial charge in [-0.15, -0.1) is 0 Å². The van der Waals surface area contributed by atoms with Crippen LogP contribution < -0.4 is 9.47 Å². The number of fused-ring (bicyclic) bond motifs is 2. The van der Waals surface area contributed by atoms with Crippen LogP contribution >= 0.6 is 0 Å². The molecule has 2 saturated heterocycles. The Labute approximate surface area is 215 Å². The van der Waals surface area contributed by atoms with Gasteiger partial charge in [0.25, 0.3) is 0 Å². The quantitative estimate of drug-likeness (QED) is 0.303. The molecule has 9 nitrogen and oxygen atoms in total. The van der Waals surface area contributed by atoms with Gasteiger partial charge >= 0.3 is 0 Å². The number of ether oxygens (including phenoxy) is 6. The van der Waals surface area contributed by atoms with Crippen molar-refractivity contribution in [2.24, 2.45) is 0 Å². The molecule has 5 atom stereocenters. The number of nitro groups is 1. The molecule has 0 spiro atoms. The molecule has 2 aliphatic rings. The van der Waals surface area contributed by atoms with E-state index in [-0.39, 0.29) is 4.92 Å². The van der Waals surface area contributed by atoms with Crippen LogP contribution in [0.25, 0.3) is 10.8 Å². The maximum atomic E-state index is 12.0. The van der Waals surface area contributed by atoms with Crippen LogP contribution in [0, 0.1) is 10.1 Å². The average Bonchev–Trinajstić information content (AvgIpc) is 3.36. The van der Waals surface area contributed by atoms with E-state index in [4.69, 9.17) is 28.4 Å². The smallest absolute Gasteiger partial charge is 0.213 e. The zero-order chi connectivity index (χ0) is 26.2. The molecule has 5 rings (SSSR count). The summed E-state index contributed by atoms with van der Waals surface area (Å²) in [6.45, 7) is 3.51. The number of rotatable bonds is 9. The molecule has 0 aliphatic carbocycles. The molecule has 0 radical (unpaired) electrons. The van der Waals surface area contributed by atoms with Gasteiger partial charge in [-0.05, 0) is 25.5 Å². The van der Waals surface area contributed by atoms with Gasteiger partial charge in [0, 0.05) is 21.3 Å². The normalized spacial score (nSPS) is 25.1. The van der Waals surface area contributed by atoms with E-state index >= 15 is 0 Å². The zero-order valence-electron chi connectivity index (χ0n) is 21.3. The van der Waals surface area contributed by atoms with Gasteiger partial charge in [-0.2, -0.15) is 0 Å². The highest BCUT2D eigenvalue weighted by molar-refractivity contribution is 5.94. The largest absolute Gasteiger partial charge is 0.496 e. The second-order valence-corrected chi connectivity index (χ2v) is 9.70. The summed E-state index contributed by atoms with van der Waals surface area (Å²) in [4.78, 5) is 11.6. The molecule has 37 heavy (non-hydrogen) atoms. The van der Waals surface area contributed by atoms with E-state index in [0.717, 1.165) is 16.3 Å². The van der Waals surface area contributed by atoms with Crippen molar-refractivity contribution in [3.8, 4) is 11.5 Å². The lowest BCUT2D eigenvalue weighted by Crippen LogP contribution is -2.41. The van der Waals surface area contributed by atoms with E-state index in [2.05, 4.69) is 0 Å². The van der Waals surface area contributed by atoms with Gasteiger partial charge in [-0.3, -0.25) is 10.1 Å². The predicted octanol–water partition coefficient (Wildman–Crippen LogP) is 4.68. The van der Waals surface area contributed by atoms with E-state index in [0.29, 0.717) is 23.7 Å². The molecule has 0 N–H and O–H groups in total. The molecule has 2 heterocycles. The molecule has 196 valence electrons. The minimum Gasteiger partial charge on any atom is -0.496 e. The highest BCUT2D eigenvalue weighted by Gasteiger charge is 2.58. The SMILES string of the molecule is COc1cc([C@@H](C[N+](=O)[O-])[C@H]2O[C@@H]3OC(C)(C)O[C@@H]3[C@H]2OCc2ccccc2)c(OC)c2ccccc12. The van der Waals surface area contributed by atoms with Crippen LogP contribution in [0.1, 0.15) is 30.9 Å².